The lowest BCUT2D eigenvalue weighted by molar-refractivity contribution is -0.135. The first-order chi connectivity index (χ1) is 6.59. The fourth-order valence-electron chi connectivity index (χ4n) is 1.17. The van der Waals surface area contributed by atoms with Crippen molar-refractivity contribution in [3.05, 3.63) is 35.4 Å². The molecule has 3 N–H and O–H groups in total. The maximum atomic E-state index is 10.3. The lowest BCUT2D eigenvalue weighted by Gasteiger charge is -2.00. The van der Waals surface area contributed by atoms with Crippen molar-refractivity contribution in [2.45, 2.75) is 13.3 Å². The third-order valence-electron chi connectivity index (χ3n) is 1.88. The predicted molar refractivity (Wildman–Crippen MR) is 56.9 cm³/mol. The van der Waals surface area contributed by atoms with Crippen LogP contribution in [-0.2, 0) is 4.79 Å². The van der Waals surface area contributed by atoms with Crippen molar-refractivity contribution in [1.29, 1.82) is 0 Å². The van der Waals surface area contributed by atoms with Gasteiger partial charge in [-0.2, -0.15) is 0 Å². The zero-order chi connectivity index (χ0) is 10.6. The molecule has 1 rings (SSSR count). The molecule has 0 unspecified atom stereocenters. The molecule has 0 aliphatic rings. The molecule has 14 heavy (non-hydrogen) atoms. The van der Waals surface area contributed by atoms with Gasteiger partial charge in [0.25, 0.3) is 0 Å². The lowest BCUT2D eigenvalue weighted by Crippen LogP contribution is -1.90. The Labute approximate surface area is 82.9 Å². The molecule has 1 aromatic carbocycles. The van der Waals surface area contributed by atoms with E-state index in [1.54, 1.807) is 18.2 Å². The quantitative estimate of drug-likeness (QED) is 0.719. The number of carboxylic acid groups (broad SMARTS) is 1. The van der Waals surface area contributed by atoms with Gasteiger partial charge in [0.1, 0.15) is 0 Å². The number of benzene rings is 1. The molecule has 74 valence electrons. The molecule has 3 nitrogen and oxygen atoms in total. The number of anilines is 1. The van der Waals surface area contributed by atoms with Crippen molar-refractivity contribution in [2.24, 2.45) is 0 Å². The minimum absolute atomic E-state index is 0.0455. The van der Waals surface area contributed by atoms with Crippen molar-refractivity contribution >= 4 is 17.7 Å². The van der Waals surface area contributed by atoms with Gasteiger partial charge >= 0.3 is 5.97 Å². The SMILES string of the molecule is Cc1cc(N)ccc1C=CCC(=O)O. The second kappa shape index (κ2) is 4.46. The largest absolute Gasteiger partial charge is 0.481 e. The van der Waals surface area contributed by atoms with Crippen molar-refractivity contribution in [2.75, 3.05) is 5.73 Å². The van der Waals surface area contributed by atoms with Crippen LogP contribution < -0.4 is 5.73 Å². The Balaban J connectivity index is 2.76. The van der Waals surface area contributed by atoms with Crippen molar-refractivity contribution in [1.82, 2.24) is 0 Å². The topological polar surface area (TPSA) is 63.3 Å². The average molecular weight is 191 g/mol. The molecule has 0 aliphatic heterocycles. The van der Waals surface area contributed by atoms with Gasteiger partial charge in [-0.25, -0.2) is 0 Å². The molecule has 0 fully saturated rings. The first kappa shape index (κ1) is 10.3. The summed E-state index contributed by atoms with van der Waals surface area (Å²) in [5.41, 5.74) is 8.35. The Morgan fingerprint density at radius 1 is 1.57 bits per heavy atom. The Morgan fingerprint density at radius 2 is 2.29 bits per heavy atom. The van der Waals surface area contributed by atoms with E-state index in [0.29, 0.717) is 0 Å². The number of carbonyl (C=O) groups is 1. The van der Waals surface area contributed by atoms with E-state index in [1.165, 1.54) is 0 Å². The van der Waals surface area contributed by atoms with Gasteiger partial charge in [-0.3, -0.25) is 4.79 Å². The smallest absolute Gasteiger partial charge is 0.307 e. The fourth-order valence-corrected chi connectivity index (χ4v) is 1.17. The van der Waals surface area contributed by atoms with Gasteiger partial charge in [-0.15, -0.1) is 0 Å². The van der Waals surface area contributed by atoms with Gasteiger partial charge in [0.05, 0.1) is 6.42 Å². The maximum absolute atomic E-state index is 10.3. The predicted octanol–water partition coefficient (Wildman–Crippen LogP) is 2.07. The Morgan fingerprint density at radius 3 is 2.86 bits per heavy atom. The zero-order valence-corrected chi connectivity index (χ0v) is 8.03. The van der Waals surface area contributed by atoms with Gasteiger partial charge in [0.2, 0.25) is 0 Å². The number of rotatable bonds is 3. The number of aliphatic carboxylic acids is 1. The molecule has 3 heteroatoms. The van der Waals surface area contributed by atoms with Crippen LogP contribution in [0.2, 0.25) is 0 Å². The monoisotopic (exact) mass is 191 g/mol. The van der Waals surface area contributed by atoms with E-state index in [2.05, 4.69) is 0 Å². The highest BCUT2D eigenvalue weighted by molar-refractivity contribution is 5.70. The first-order valence-electron chi connectivity index (χ1n) is 4.34. The lowest BCUT2D eigenvalue weighted by atomic mass is 10.1. The average Bonchev–Trinajstić information content (AvgIpc) is 2.08. The van der Waals surface area contributed by atoms with Crippen LogP contribution in [0.15, 0.2) is 24.3 Å². The minimum Gasteiger partial charge on any atom is -0.481 e. The molecular formula is C11H13NO2. The standard InChI is InChI=1S/C11H13NO2/c1-8-7-10(12)6-5-9(8)3-2-4-11(13)14/h2-3,5-7H,4,12H2,1H3,(H,13,14). The molecule has 0 aliphatic carbocycles. The third-order valence-corrected chi connectivity index (χ3v) is 1.88. The molecule has 0 bridgehead atoms. The summed E-state index contributed by atoms with van der Waals surface area (Å²) in [7, 11) is 0. The molecular weight excluding hydrogens is 178 g/mol. The number of hydrogen-bond acceptors (Lipinski definition) is 2. The molecule has 0 heterocycles. The Bertz CT molecular complexity index is 370. The molecule has 0 aromatic heterocycles. The van der Waals surface area contributed by atoms with Crippen LogP contribution in [0.1, 0.15) is 17.5 Å². The van der Waals surface area contributed by atoms with Crippen LogP contribution >= 0.6 is 0 Å². The van der Waals surface area contributed by atoms with E-state index in [0.717, 1.165) is 16.8 Å². The Hall–Kier alpha value is -1.77. The molecule has 0 atom stereocenters. The molecule has 0 radical (unpaired) electrons. The summed E-state index contributed by atoms with van der Waals surface area (Å²) in [4.78, 5) is 10.3. The van der Waals surface area contributed by atoms with E-state index >= 15 is 0 Å². The van der Waals surface area contributed by atoms with Gasteiger partial charge in [0, 0.05) is 5.69 Å². The highest BCUT2D eigenvalue weighted by atomic mass is 16.4. The number of carboxylic acids is 1. The van der Waals surface area contributed by atoms with E-state index in [4.69, 9.17) is 10.8 Å². The first-order valence-corrected chi connectivity index (χ1v) is 4.34. The summed E-state index contributed by atoms with van der Waals surface area (Å²) >= 11 is 0. The van der Waals surface area contributed by atoms with Gasteiger partial charge in [-0.1, -0.05) is 18.2 Å². The van der Waals surface area contributed by atoms with Crippen molar-refractivity contribution < 1.29 is 9.90 Å². The van der Waals surface area contributed by atoms with Crippen molar-refractivity contribution in [3.63, 3.8) is 0 Å². The van der Waals surface area contributed by atoms with Gasteiger partial charge in [0.15, 0.2) is 0 Å². The summed E-state index contributed by atoms with van der Waals surface area (Å²) in [5, 5.41) is 8.43. The second-order valence-electron chi connectivity index (χ2n) is 3.12. The molecule has 0 saturated carbocycles. The van der Waals surface area contributed by atoms with Crippen LogP contribution in [0.4, 0.5) is 5.69 Å². The molecule has 0 amide bonds. The maximum Gasteiger partial charge on any atom is 0.307 e. The van der Waals surface area contributed by atoms with Crippen LogP contribution in [0.5, 0.6) is 0 Å². The normalized spacial score (nSPS) is 10.6. The fraction of sp³-hybridized carbons (Fsp3) is 0.182. The van der Waals surface area contributed by atoms with Gasteiger partial charge < -0.3 is 10.8 Å². The summed E-state index contributed by atoms with van der Waals surface area (Å²) in [6.07, 6.45) is 3.47. The second-order valence-corrected chi connectivity index (χ2v) is 3.12. The summed E-state index contributed by atoms with van der Waals surface area (Å²) < 4.78 is 0. The number of aryl methyl sites for hydroxylation is 1. The highest BCUT2D eigenvalue weighted by Gasteiger charge is 1.95. The van der Waals surface area contributed by atoms with E-state index < -0.39 is 5.97 Å². The summed E-state index contributed by atoms with van der Waals surface area (Å²) in [5.74, 6) is -0.825. The third kappa shape index (κ3) is 2.94. The summed E-state index contributed by atoms with van der Waals surface area (Å²) in [6.45, 7) is 1.94. The molecule has 1 aromatic rings. The van der Waals surface area contributed by atoms with Crippen LogP contribution in [-0.4, -0.2) is 11.1 Å². The van der Waals surface area contributed by atoms with E-state index in [9.17, 15) is 4.79 Å². The zero-order valence-electron chi connectivity index (χ0n) is 8.03. The van der Waals surface area contributed by atoms with E-state index in [1.807, 2.05) is 19.1 Å². The van der Waals surface area contributed by atoms with Crippen LogP contribution in [0, 0.1) is 6.92 Å². The number of nitrogens with two attached hydrogens (primary N) is 1. The Kier molecular flexibility index (Phi) is 3.29. The van der Waals surface area contributed by atoms with Crippen LogP contribution in [0.25, 0.3) is 6.08 Å². The van der Waals surface area contributed by atoms with Crippen LogP contribution in [0.3, 0.4) is 0 Å². The summed E-state index contributed by atoms with van der Waals surface area (Å²) in [6, 6.07) is 5.54. The minimum atomic E-state index is -0.825. The highest BCUT2D eigenvalue weighted by Crippen LogP contribution is 2.13. The number of hydrogen-bond donors (Lipinski definition) is 2. The van der Waals surface area contributed by atoms with Crippen molar-refractivity contribution in [3.8, 4) is 0 Å². The van der Waals surface area contributed by atoms with Gasteiger partial charge in [-0.05, 0) is 30.2 Å². The number of nitrogen functional groups attached to an aromatic ring is 1. The van der Waals surface area contributed by atoms with E-state index in [-0.39, 0.29) is 6.42 Å². The molecule has 0 saturated heterocycles. The molecule has 0 spiro atoms.